The number of nitrogens with one attached hydrogen (secondary N) is 2. The van der Waals surface area contributed by atoms with Crippen molar-refractivity contribution in [2.45, 2.75) is 13.5 Å². The quantitative estimate of drug-likeness (QED) is 0.510. The van der Waals surface area contributed by atoms with Gasteiger partial charge in [0.25, 0.3) is 0 Å². The van der Waals surface area contributed by atoms with Crippen LogP contribution in [0.5, 0.6) is 0 Å². The van der Waals surface area contributed by atoms with Gasteiger partial charge in [0.1, 0.15) is 17.5 Å². The first kappa shape index (κ1) is 17.0. The van der Waals surface area contributed by atoms with Crippen LogP contribution in [-0.4, -0.2) is 25.3 Å². The molecule has 0 spiro atoms. The average Bonchev–Trinajstić information content (AvgIpc) is 3.06. The summed E-state index contributed by atoms with van der Waals surface area (Å²) in [6, 6.07) is 10.2. The fraction of sp³-hybridized carbons (Fsp3) is 0.105. The van der Waals surface area contributed by atoms with E-state index in [0.29, 0.717) is 22.5 Å². The molecule has 0 bridgehead atoms. The predicted molar refractivity (Wildman–Crippen MR) is 97.4 cm³/mol. The van der Waals surface area contributed by atoms with E-state index in [2.05, 4.69) is 25.5 Å². The van der Waals surface area contributed by atoms with E-state index >= 15 is 0 Å². The van der Waals surface area contributed by atoms with E-state index in [1.807, 2.05) is 6.92 Å². The van der Waals surface area contributed by atoms with Crippen LogP contribution in [0.15, 0.2) is 42.5 Å². The maximum absolute atomic E-state index is 14.5. The van der Waals surface area contributed by atoms with Crippen molar-refractivity contribution in [2.75, 3.05) is 5.32 Å². The van der Waals surface area contributed by atoms with Crippen LogP contribution in [0.3, 0.4) is 0 Å². The Bertz CT molecular complexity index is 1140. The normalized spacial score (nSPS) is 11.1. The number of halogens is 2. The van der Waals surface area contributed by atoms with E-state index in [1.165, 1.54) is 30.3 Å². The third-order valence-corrected chi connectivity index (χ3v) is 4.11. The van der Waals surface area contributed by atoms with Crippen molar-refractivity contribution in [3.8, 4) is 11.4 Å². The van der Waals surface area contributed by atoms with Gasteiger partial charge < -0.3 is 10.4 Å². The SMILES string of the molecule is Cc1cc(Nc2nc(-c3cc(F)ccc3CO)nc3cccc(F)c23)n[nH]1. The highest BCUT2D eigenvalue weighted by molar-refractivity contribution is 5.92. The van der Waals surface area contributed by atoms with E-state index < -0.39 is 11.6 Å². The minimum absolute atomic E-state index is 0.173. The van der Waals surface area contributed by atoms with E-state index in [4.69, 9.17) is 0 Å². The molecule has 0 amide bonds. The lowest BCUT2D eigenvalue weighted by atomic mass is 10.1. The summed E-state index contributed by atoms with van der Waals surface area (Å²) in [6.45, 7) is 1.53. The van der Waals surface area contributed by atoms with Crippen LogP contribution in [0.1, 0.15) is 11.3 Å². The lowest BCUT2D eigenvalue weighted by molar-refractivity contribution is 0.282. The van der Waals surface area contributed by atoms with Crippen LogP contribution in [0.2, 0.25) is 0 Å². The highest BCUT2D eigenvalue weighted by Gasteiger charge is 2.16. The second-order valence-corrected chi connectivity index (χ2v) is 6.05. The van der Waals surface area contributed by atoms with Crippen LogP contribution < -0.4 is 5.32 Å². The van der Waals surface area contributed by atoms with Crippen molar-refractivity contribution in [3.05, 3.63) is 65.4 Å². The number of hydrogen-bond donors (Lipinski definition) is 3. The smallest absolute Gasteiger partial charge is 0.162 e. The van der Waals surface area contributed by atoms with Crippen LogP contribution in [0, 0.1) is 18.6 Å². The Morgan fingerprint density at radius 3 is 2.70 bits per heavy atom. The number of rotatable bonds is 4. The molecule has 0 fully saturated rings. The largest absolute Gasteiger partial charge is 0.392 e. The number of nitrogens with zero attached hydrogens (tertiary/aromatic N) is 3. The standard InChI is InChI=1S/C19H15F2N5O/c1-10-7-16(26-25-10)23-19-17-14(21)3-2-4-15(17)22-18(24-19)13-8-12(20)6-5-11(13)9-27/h2-8,27H,9H2,1H3,(H2,22,23,24,25,26). The number of aryl methyl sites for hydroxylation is 1. The van der Waals surface area contributed by atoms with Crippen LogP contribution in [0.25, 0.3) is 22.3 Å². The number of H-pyrrole nitrogens is 1. The Balaban J connectivity index is 1.94. The summed E-state index contributed by atoms with van der Waals surface area (Å²) in [5, 5.41) is 19.6. The summed E-state index contributed by atoms with van der Waals surface area (Å²) in [5.74, 6) is -0.138. The number of aliphatic hydroxyl groups is 1. The molecule has 0 aliphatic carbocycles. The number of fused-ring (bicyclic) bond motifs is 1. The van der Waals surface area contributed by atoms with Crippen LogP contribution in [-0.2, 0) is 6.61 Å². The summed E-state index contributed by atoms with van der Waals surface area (Å²) in [4.78, 5) is 8.76. The molecule has 3 N–H and O–H groups in total. The van der Waals surface area contributed by atoms with Gasteiger partial charge in [-0.3, -0.25) is 5.10 Å². The van der Waals surface area contributed by atoms with Gasteiger partial charge in [-0.25, -0.2) is 18.7 Å². The number of hydrogen-bond acceptors (Lipinski definition) is 5. The molecule has 2 aromatic heterocycles. The number of aromatic nitrogens is 4. The fourth-order valence-electron chi connectivity index (χ4n) is 2.85. The van der Waals surface area contributed by atoms with Crippen LogP contribution in [0.4, 0.5) is 20.4 Å². The molecule has 0 unspecified atom stereocenters. The molecular weight excluding hydrogens is 352 g/mol. The first-order chi connectivity index (χ1) is 13.0. The number of benzene rings is 2. The molecule has 0 saturated carbocycles. The molecule has 0 aliphatic rings. The molecule has 4 aromatic rings. The van der Waals surface area contributed by atoms with E-state index in [0.717, 1.165) is 5.69 Å². The van der Waals surface area contributed by atoms with E-state index in [-0.39, 0.29) is 23.6 Å². The number of anilines is 2. The van der Waals surface area contributed by atoms with Gasteiger partial charge in [0, 0.05) is 17.3 Å². The van der Waals surface area contributed by atoms with Gasteiger partial charge in [0.05, 0.1) is 17.5 Å². The molecular formula is C19H15F2N5O. The first-order valence-corrected chi connectivity index (χ1v) is 8.20. The fourth-order valence-corrected chi connectivity index (χ4v) is 2.85. The molecule has 2 heterocycles. The number of aromatic amines is 1. The van der Waals surface area contributed by atoms with Crippen LogP contribution >= 0.6 is 0 Å². The zero-order valence-electron chi connectivity index (χ0n) is 14.3. The summed E-state index contributed by atoms with van der Waals surface area (Å²) >= 11 is 0. The summed E-state index contributed by atoms with van der Waals surface area (Å²) in [7, 11) is 0. The molecule has 0 aliphatic heterocycles. The maximum Gasteiger partial charge on any atom is 0.162 e. The highest BCUT2D eigenvalue weighted by atomic mass is 19.1. The van der Waals surface area contributed by atoms with Gasteiger partial charge in [0.15, 0.2) is 11.6 Å². The minimum Gasteiger partial charge on any atom is -0.392 e. The molecule has 27 heavy (non-hydrogen) atoms. The summed E-state index contributed by atoms with van der Waals surface area (Å²) in [6.07, 6.45) is 0. The second-order valence-electron chi connectivity index (χ2n) is 6.05. The van der Waals surface area contributed by atoms with Gasteiger partial charge in [0.2, 0.25) is 0 Å². The molecule has 0 radical (unpaired) electrons. The highest BCUT2D eigenvalue weighted by Crippen LogP contribution is 2.30. The Morgan fingerprint density at radius 2 is 1.96 bits per heavy atom. The lowest BCUT2D eigenvalue weighted by Crippen LogP contribution is -2.03. The zero-order chi connectivity index (χ0) is 19.0. The maximum atomic E-state index is 14.5. The topological polar surface area (TPSA) is 86.7 Å². The van der Waals surface area contributed by atoms with Gasteiger partial charge >= 0.3 is 0 Å². The Kier molecular flexibility index (Phi) is 4.25. The van der Waals surface area contributed by atoms with Crippen molar-refractivity contribution in [1.29, 1.82) is 0 Å². The van der Waals surface area contributed by atoms with Crippen molar-refractivity contribution in [3.63, 3.8) is 0 Å². The minimum atomic E-state index is -0.490. The summed E-state index contributed by atoms with van der Waals surface area (Å²) in [5.41, 5.74) is 1.98. The Hall–Kier alpha value is -3.39. The third-order valence-electron chi connectivity index (χ3n) is 4.11. The number of aliphatic hydroxyl groups excluding tert-OH is 1. The van der Waals surface area contributed by atoms with Gasteiger partial charge in [-0.2, -0.15) is 5.10 Å². The molecule has 6 nitrogen and oxygen atoms in total. The summed E-state index contributed by atoms with van der Waals surface area (Å²) < 4.78 is 28.2. The lowest BCUT2D eigenvalue weighted by Gasteiger charge is -2.12. The van der Waals surface area contributed by atoms with E-state index in [9.17, 15) is 13.9 Å². The third kappa shape index (κ3) is 3.22. The molecule has 4 rings (SSSR count). The Labute approximate surface area is 152 Å². The van der Waals surface area contributed by atoms with Crippen molar-refractivity contribution in [2.24, 2.45) is 0 Å². The molecule has 2 aromatic carbocycles. The first-order valence-electron chi connectivity index (χ1n) is 8.20. The van der Waals surface area contributed by atoms with Gasteiger partial charge in [-0.05, 0) is 36.8 Å². The van der Waals surface area contributed by atoms with Gasteiger partial charge in [-0.15, -0.1) is 0 Å². The van der Waals surface area contributed by atoms with Crippen molar-refractivity contribution in [1.82, 2.24) is 20.2 Å². The second kappa shape index (κ2) is 6.73. The van der Waals surface area contributed by atoms with Crippen molar-refractivity contribution < 1.29 is 13.9 Å². The molecule has 8 heteroatoms. The molecule has 0 atom stereocenters. The van der Waals surface area contributed by atoms with Crippen molar-refractivity contribution >= 4 is 22.5 Å². The Morgan fingerprint density at radius 1 is 1.11 bits per heavy atom. The predicted octanol–water partition coefficient (Wildman–Crippen LogP) is 3.84. The van der Waals surface area contributed by atoms with Gasteiger partial charge in [-0.1, -0.05) is 12.1 Å². The monoisotopic (exact) mass is 367 g/mol. The molecule has 136 valence electrons. The molecule has 0 saturated heterocycles. The zero-order valence-corrected chi connectivity index (χ0v) is 14.3. The average molecular weight is 367 g/mol. The van der Waals surface area contributed by atoms with E-state index in [1.54, 1.807) is 12.1 Å².